The number of hydrogen-bond donors (Lipinski definition) is 1. The molecule has 1 saturated heterocycles. The van der Waals surface area contributed by atoms with Crippen molar-refractivity contribution in [1.82, 2.24) is 10.2 Å². The number of likely N-dealkylation sites (tertiary alicyclic amines) is 1. The third-order valence-corrected chi connectivity index (χ3v) is 4.08. The Morgan fingerprint density at radius 1 is 1.20 bits per heavy atom. The molecule has 1 fully saturated rings. The monoisotopic (exact) mass is 298 g/mol. The average molecular weight is 299 g/mol. The van der Waals surface area contributed by atoms with Crippen LogP contribution in [0.25, 0.3) is 0 Å². The molecule has 0 bridgehead atoms. The van der Waals surface area contributed by atoms with Gasteiger partial charge in [0, 0.05) is 6.54 Å². The number of piperidine rings is 1. The van der Waals surface area contributed by atoms with E-state index in [0.29, 0.717) is 0 Å². The van der Waals surface area contributed by atoms with Crippen LogP contribution in [0.2, 0.25) is 0 Å². The molecule has 0 spiro atoms. The van der Waals surface area contributed by atoms with Gasteiger partial charge in [-0.1, -0.05) is 12.1 Å². The molecule has 0 aromatic heterocycles. The number of ether oxygens (including phenoxy) is 1. The second-order valence-electron chi connectivity index (χ2n) is 5.44. The highest BCUT2D eigenvalue weighted by molar-refractivity contribution is 5.85. The molecule has 1 aliphatic heterocycles. The van der Waals surface area contributed by atoms with Gasteiger partial charge in [-0.3, -0.25) is 0 Å². The smallest absolute Gasteiger partial charge is 0.118 e. The van der Waals surface area contributed by atoms with Crippen LogP contribution in [-0.2, 0) is 6.42 Å². The average Bonchev–Trinajstić information content (AvgIpc) is 2.47. The highest BCUT2D eigenvalue weighted by Crippen LogP contribution is 2.17. The van der Waals surface area contributed by atoms with Gasteiger partial charge in [0.05, 0.1) is 7.11 Å². The Kier molecular flexibility index (Phi) is 7.97. The molecule has 3 nitrogen and oxygen atoms in total. The number of nitrogens with zero attached hydrogens (tertiary/aromatic N) is 1. The normalized spacial score (nSPS) is 16.7. The van der Waals surface area contributed by atoms with Crippen LogP contribution in [0.1, 0.15) is 18.4 Å². The fourth-order valence-corrected chi connectivity index (χ4v) is 2.78. The zero-order valence-corrected chi connectivity index (χ0v) is 13.4. The molecule has 1 heterocycles. The summed E-state index contributed by atoms with van der Waals surface area (Å²) in [5.41, 5.74) is 1.40. The maximum absolute atomic E-state index is 5.18. The lowest BCUT2D eigenvalue weighted by molar-refractivity contribution is 0.185. The van der Waals surface area contributed by atoms with Crippen molar-refractivity contribution in [2.45, 2.75) is 19.3 Å². The summed E-state index contributed by atoms with van der Waals surface area (Å²) in [6.07, 6.45) is 3.81. The first-order valence-corrected chi connectivity index (χ1v) is 7.31. The molecule has 0 aliphatic carbocycles. The van der Waals surface area contributed by atoms with Gasteiger partial charge in [0.25, 0.3) is 0 Å². The number of methoxy groups -OCH3 is 1. The lowest BCUT2D eigenvalue weighted by Gasteiger charge is -2.31. The number of hydrogen-bond acceptors (Lipinski definition) is 3. The summed E-state index contributed by atoms with van der Waals surface area (Å²) >= 11 is 0. The lowest BCUT2D eigenvalue weighted by Crippen LogP contribution is -2.37. The van der Waals surface area contributed by atoms with E-state index in [1.54, 1.807) is 7.11 Å². The molecule has 1 aromatic carbocycles. The maximum Gasteiger partial charge on any atom is 0.118 e. The molecular weight excluding hydrogens is 272 g/mol. The summed E-state index contributed by atoms with van der Waals surface area (Å²) in [4.78, 5) is 2.59. The van der Waals surface area contributed by atoms with Gasteiger partial charge in [0.15, 0.2) is 0 Å². The van der Waals surface area contributed by atoms with E-state index in [0.717, 1.165) is 18.1 Å². The van der Waals surface area contributed by atoms with Crippen LogP contribution >= 0.6 is 12.4 Å². The number of halogens is 1. The Balaban J connectivity index is 0.00000200. The highest BCUT2D eigenvalue weighted by atomic mass is 35.5. The van der Waals surface area contributed by atoms with Crippen molar-refractivity contribution < 1.29 is 4.74 Å². The third-order valence-electron chi connectivity index (χ3n) is 4.08. The van der Waals surface area contributed by atoms with Crippen LogP contribution in [0.5, 0.6) is 5.75 Å². The highest BCUT2D eigenvalue weighted by Gasteiger charge is 2.17. The molecule has 2 rings (SSSR count). The van der Waals surface area contributed by atoms with Gasteiger partial charge in [-0.2, -0.15) is 0 Å². The zero-order chi connectivity index (χ0) is 13.5. The van der Waals surface area contributed by atoms with Crippen LogP contribution < -0.4 is 10.1 Å². The molecule has 4 heteroatoms. The molecule has 1 aliphatic rings. The van der Waals surface area contributed by atoms with Crippen LogP contribution in [0, 0.1) is 5.92 Å². The summed E-state index contributed by atoms with van der Waals surface area (Å²) in [6, 6.07) is 8.45. The second kappa shape index (κ2) is 9.22. The van der Waals surface area contributed by atoms with Gasteiger partial charge < -0.3 is 15.0 Å². The standard InChI is InChI=1S/C16H26N2O.ClH/c1-17-13-15-8-11-18(12-9-15)10-7-14-3-5-16(19-2)6-4-14;/h3-6,15,17H,7-13H2,1-2H3;1H. The zero-order valence-electron chi connectivity index (χ0n) is 12.6. The Hall–Kier alpha value is -0.770. The third kappa shape index (κ3) is 5.31. The minimum absolute atomic E-state index is 0. The van der Waals surface area contributed by atoms with Gasteiger partial charge in [-0.05, 0) is 69.6 Å². The fraction of sp³-hybridized carbons (Fsp3) is 0.625. The molecule has 0 amide bonds. The minimum atomic E-state index is 0. The Morgan fingerprint density at radius 3 is 2.40 bits per heavy atom. The van der Waals surface area contributed by atoms with Crippen LogP contribution in [-0.4, -0.2) is 45.2 Å². The molecule has 114 valence electrons. The van der Waals surface area contributed by atoms with Crippen LogP contribution in [0.4, 0.5) is 0 Å². The molecule has 20 heavy (non-hydrogen) atoms. The van der Waals surface area contributed by atoms with Gasteiger partial charge in [-0.15, -0.1) is 12.4 Å². The van der Waals surface area contributed by atoms with Gasteiger partial charge >= 0.3 is 0 Å². The molecule has 1 aromatic rings. The van der Waals surface area contributed by atoms with E-state index in [9.17, 15) is 0 Å². The quantitative estimate of drug-likeness (QED) is 0.874. The van der Waals surface area contributed by atoms with Gasteiger partial charge in [-0.25, -0.2) is 0 Å². The first-order valence-electron chi connectivity index (χ1n) is 7.31. The topological polar surface area (TPSA) is 24.5 Å². The van der Waals surface area contributed by atoms with E-state index in [2.05, 4.69) is 41.5 Å². The van der Waals surface area contributed by atoms with Crippen molar-refractivity contribution in [2.24, 2.45) is 5.92 Å². The summed E-state index contributed by atoms with van der Waals surface area (Å²) in [5, 5.41) is 3.29. The maximum atomic E-state index is 5.18. The van der Waals surface area contributed by atoms with Crippen molar-refractivity contribution in [3.63, 3.8) is 0 Å². The van der Waals surface area contributed by atoms with E-state index >= 15 is 0 Å². The first kappa shape index (κ1) is 17.3. The molecule has 0 unspecified atom stereocenters. The summed E-state index contributed by atoms with van der Waals surface area (Å²) in [7, 11) is 3.76. The van der Waals surface area contributed by atoms with E-state index in [4.69, 9.17) is 4.74 Å². The Labute approximate surface area is 129 Å². The number of rotatable bonds is 6. The van der Waals surface area contributed by atoms with Crippen molar-refractivity contribution >= 4 is 12.4 Å². The van der Waals surface area contributed by atoms with E-state index in [1.807, 2.05) is 0 Å². The SMILES string of the molecule is CNCC1CCN(CCc2ccc(OC)cc2)CC1.Cl. The fourth-order valence-electron chi connectivity index (χ4n) is 2.78. The summed E-state index contributed by atoms with van der Waals surface area (Å²) in [5.74, 6) is 1.82. The summed E-state index contributed by atoms with van der Waals surface area (Å²) < 4.78 is 5.18. The van der Waals surface area contributed by atoms with E-state index in [1.165, 1.54) is 44.6 Å². The number of nitrogens with one attached hydrogen (secondary N) is 1. The molecular formula is C16H27ClN2O. The van der Waals surface area contributed by atoms with Crippen LogP contribution in [0.3, 0.4) is 0 Å². The van der Waals surface area contributed by atoms with Crippen molar-refractivity contribution in [1.29, 1.82) is 0 Å². The Bertz CT molecular complexity index is 361. The largest absolute Gasteiger partial charge is 0.497 e. The predicted molar refractivity (Wildman–Crippen MR) is 87.0 cm³/mol. The second-order valence-corrected chi connectivity index (χ2v) is 5.44. The molecule has 0 saturated carbocycles. The van der Waals surface area contributed by atoms with Crippen molar-refractivity contribution in [3.8, 4) is 5.75 Å². The number of benzene rings is 1. The predicted octanol–water partition coefficient (Wildman–Crippen LogP) is 2.59. The van der Waals surface area contributed by atoms with Crippen molar-refractivity contribution in [3.05, 3.63) is 29.8 Å². The molecule has 1 N–H and O–H groups in total. The van der Waals surface area contributed by atoms with E-state index in [-0.39, 0.29) is 12.4 Å². The van der Waals surface area contributed by atoms with E-state index < -0.39 is 0 Å². The molecule has 0 atom stereocenters. The van der Waals surface area contributed by atoms with Crippen molar-refractivity contribution in [2.75, 3.05) is 40.3 Å². The Morgan fingerprint density at radius 2 is 1.85 bits per heavy atom. The summed E-state index contributed by atoms with van der Waals surface area (Å²) in [6.45, 7) is 4.86. The van der Waals surface area contributed by atoms with Crippen LogP contribution in [0.15, 0.2) is 24.3 Å². The molecule has 0 radical (unpaired) electrons. The minimum Gasteiger partial charge on any atom is -0.497 e. The van der Waals surface area contributed by atoms with Gasteiger partial charge in [0.1, 0.15) is 5.75 Å². The first-order chi connectivity index (χ1) is 9.31. The van der Waals surface area contributed by atoms with Gasteiger partial charge in [0.2, 0.25) is 0 Å². The lowest BCUT2D eigenvalue weighted by atomic mass is 9.96.